The number of nitro groups is 1. The molecule has 7 nitrogen and oxygen atoms in total. The highest BCUT2D eigenvalue weighted by Gasteiger charge is 2.13. The molecule has 1 heterocycles. The molecule has 2 aromatic rings. The molecule has 7 heteroatoms. The highest BCUT2D eigenvalue weighted by molar-refractivity contribution is 5.82. The van der Waals surface area contributed by atoms with Gasteiger partial charge in [0.2, 0.25) is 6.79 Å². The Morgan fingerprint density at radius 1 is 1.19 bits per heavy atom. The number of benzene rings is 2. The zero-order valence-corrected chi connectivity index (χ0v) is 10.9. The topological polar surface area (TPSA) is 86.0 Å². The van der Waals surface area contributed by atoms with Gasteiger partial charge in [-0.05, 0) is 29.8 Å². The predicted octanol–water partition coefficient (Wildman–Crippen LogP) is 2.77. The van der Waals surface area contributed by atoms with Gasteiger partial charge >= 0.3 is 0 Å². The van der Waals surface area contributed by atoms with Crippen molar-refractivity contribution in [1.29, 1.82) is 0 Å². The van der Waals surface area contributed by atoms with E-state index in [2.05, 4.69) is 10.5 Å². The van der Waals surface area contributed by atoms with Crippen LogP contribution in [-0.2, 0) is 0 Å². The van der Waals surface area contributed by atoms with E-state index in [1.54, 1.807) is 36.5 Å². The summed E-state index contributed by atoms with van der Waals surface area (Å²) in [6.45, 7) is 0.213. The van der Waals surface area contributed by atoms with Crippen molar-refractivity contribution < 1.29 is 14.4 Å². The van der Waals surface area contributed by atoms with E-state index in [-0.39, 0.29) is 12.5 Å². The summed E-state index contributed by atoms with van der Waals surface area (Å²) in [6.07, 6.45) is 1.55. The number of para-hydroxylation sites is 2. The number of hydrazone groups is 1. The Hall–Kier alpha value is -3.09. The van der Waals surface area contributed by atoms with Gasteiger partial charge in [-0.25, -0.2) is 0 Å². The van der Waals surface area contributed by atoms with E-state index in [0.717, 1.165) is 5.56 Å². The summed E-state index contributed by atoms with van der Waals surface area (Å²) in [5, 5.41) is 14.9. The molecule has 1 N–H and O–H groups in total. The lowest BCUT2D eigenvalue weighted by Gasteiger charge is -2.01. The average Bonchev–Trinajstić information content (AvgIpc) is 2.95. The quantitative estimate of drug-likeness (QED) is 0.530. The van der Waals surface area contributed by atoms with E-state index in [1.807, 2.05) is 6.07 Å². The summed E-state index contributed by atoms with van der Waals surface area (Å²) in [5.41, 5.74) is 3.77. The molecule has 0 radical (unpaired) electrons. The van der Waals surface area contributed by atoms with Crippen LogP contribution in [0, 0.1) is 10.1 Å². The summed E-state index contributed by atoms with van der Waals surface area (Å²) in [4.78, 5) is 10.4. The van der Waals surface area contributed by atoms with Gasteiger partial charge in [0.05, 0.1) is 11.1 Å². The first-order valence-corrected chi connectivity index (χ1v) is 6.16. The lowest BCUT2D eigenvalue weighted by Crippen LogP contribution is -1.96. The molecule has 2 aromatic carbocycles. The highest BCUT2D eigenvalue weighted by atomic mass is 16.7. The van der Waals surface area contributed by atoms with Crippen LogP contribution >= 0.6 is 0 Å². The van der Waals surface area contributed by atoms with Gasteiger partial charge in [0.1, 0.15) is 5.69 Å². The van der Waals surface area contributed by atoms with Gasteiger partial charge in [0.25, 0.3) is 5.69 Å². The fraction of sp³-hybridized carbons (Fsp3) is 0.0714. The molecule has 0 bridgehead atoms. The lowest BCUT2D eigenvalue weighted by molar-refractivity contribution is -0.384. The predicted molar refractivity (Wildman–Crippen MR) is 76.9 cm³/mol. The van der Waals surface area contributed by atoms with Gasteiger partial charge in [-0.1, -0.05) is 12.1 Å². The van der Waals surface area contributed by atoms with Gasteiger partial charge in [0, 0.05) is 6.07 Å². The minimum absolute atomic E-state index is 0.0275. The van der Waals surface area contributed by atoms with E-state index in [1.165, 1.54) is 6.07 Å². The Bertz CT molecular complexity index is 715. The lowest BCUT2D eigenvalue weighted by atomic mass is 10.2. The maximum Gasteiger partial charge on any atom is 0.294 e. The fourth-order valence-electron chi connectivity index (χ4n) is 1.90. The molecule has 0 atom stereocenters. The van der Waals surface area contributed by atoms with Crippen LogP contribution in [0.1, 0.15) is 5.56 Å². The Labute approximate surface area is 120 Å². The van der Waals surface area contributed by atoms with E-state index in [4.69, 9.17) is 9.47 Å². The smallest absolute Gasteiger partial charge is 0.294 e. The van der Waals surface area contributed by atoms with Crippen molar-refractivity contribution in [2.24, 2.45) is 5.10 Å². The molecular formula is C14H11N3O4. The number of ether oxygens (including phenoxy) is 2. The van der Waals surface area contributed by atoms with E-state index >= 15 is 0 Å². The van der Waals surface area contributed by atoms with E-state index in [0.29, 0.717) is 17.2 Å². The van der Waals surface area contributed by atoms with Crippen molar-refractivity contribution in [1.82, 2.24) is 0 Å². The average molecular weight is 285 g/mol. The number of fused-ring (bicyclic) bond motifs is 1. The Kier molecular flexibility index (Phi) is 3.38. The third kappa shape index (κ3) is 2.76. The first-order chi connectivity index (χ1) is 10.2. The number of hydrogen-bond donors (Lipinski definition) is 1. The maximum absolute atomic E-state index is 10.9. The molecule has 21 heavy (non-hydrogen) atoms. The summed E-state index contributed by atoms with van der Waals surface area (Å²) in [6, 6.07) is 11.7. The molecule has 0 saturated carbocycles. The second-order valence-corrected chi connectivity index (χ2v) is 4.26. The molecule has 0 unspecified atom stereocenters. The van der Waals surface area contributed by atoms with E-state index < -0.39 is 4.92 Å². The molecule has 0 spiro atoms. The molecule has 1 aliphatic heterocycles. The Morgan fingerprint density at radius 3 is 2.86 bits per heavy atom. The van der Waals surface area contributed by atoms with Crippen LogP contribution in [0.25, 0.3) is 0 Å². The summed E-state index contributed by atoms with van der Waals surface area (Å²) < 4.78 is 10.5. The number of nitrogens with one attached hydrogen (secondary N) is 1. The van der Waals surface area contributed by atoms with Gasteiger partial charge < -0.3 is 9.47 Å². The molecule has 3 rings (SSSR count). The fourth-order valence-corrected chi connectivity index (χ4v) is 1.90. The SMILES string of the molecule is O=[N+]([O-])c1ccccc1N/N=C/c1ccc2c(c1)OCO2. The first-order valence-electron chi connectivity index (χ1n) is 6.16. The van der Waals surface area contributed by atoms with Crippen LogP contribution in [0.2, 0.25) is 0 Å². The van der Waals surface area contributed by atoms with Crippen LogP contribution in [-0.4, -0.2) is 17.9 Å². The minimum Gasteiger partial charge on any atom is -0.454 e. The number of nitrogens with zero attached hydrogens (tertiary/aromatic N) is 2. The van der Waals surface area contributed by atoms with Crippen molar-refractivity contribution in [3.05, 3.63) is 58.1 Å². The van der Waals surface area contributed by atoms with Crippen molar-refractivity contribution >= 4 is 17.6 Å². The summed E-state index contributed by atoms with van der Waals surface area (Å²) in [5.74, 6) is 1.35. The zero-order valence-electron chi connectivity index (χ0n) is 10.9. The number of rotatable bonds is 4. The van der Waals surface area contributed by atoms with Crippen LogP contribution in [0.5, 0.6) is 11.5 Å². The van der Waals surface area contributed by atoms with E-state index in [9.17, 15) is 10.1 Å². The van der Waals surface area contributed by atoms with Crippen LogP contribution in [0.3, 0.4) is 0 Å². The second-order valence-electron chi connectivity index (χ2n) is 4.26. The van der Waals surface area contributed by atoms with Gasteiger partial charge in [-0.2, -0.15) is 5.10 Å². The van der Waals surface area contributed by atoms with Crippen LogP contribution in [0.15, 0.2) is 47.6 Å². The summed E-state index contributed by atoms with van der Waals surface area (Å²) >= 11 is 0. The highest BCUT2D eigenvalue weighted by Crippen LogP contribution is 2.32. The Balaban J connectivity index is 1.74. The zero-order chi connectivity index (χ0) is 14.7. The standard InChI is InChI=1S/C14H11N3O4/c18-17(19)12-4-2-1-3-11(12)16-15-8-10-5-6-13-14(7-10)21-9-20-13/h1-8,16H,9H2/b15-8+. The molecule has 0 fully saturated rings. The van der Waals surface area contributed by atoms with Gasteiger partial charge in [-0.15, -0.1) is 0 Å². The van der Waals surface area contributed by atoms with Gasteiger partial charge in [-0.3, -0.25) is 15.5 Å². The maximum atomic E-state index is 10.9. The molecule has 106 valence electrons. The van der Waals surface area contributed by atoms with Crippen molar-refractivity contribution in [3.63, 3.8) is 0 Å². The normalized spacial score (nSPS) is 12.6. The van der Waals surface area contributed by atoms with Crippen molar-refractivity contribution in [3.8, 4) is 11.5 Å². The largest absolute Gasteiger partial charge is 0.454 e. The summed E-state index contributed by atoms with van der Waals surface area (Å²) in [7, 11) is 0. The van der Waals surface area contributed by atoms with Crippen LogP contribution < -0.4 is 14.9 Å². The molecule has 0 amide bonds. The molecule has 0 saturated heterocycles. The minimum atomic E-state index is -0.460. The third-order valence-corrected chi connectivity index (χ3v) is 2.90. The number of nitro benzene ring substituents is 1. The number of hydrogen-bond acceptors (Lipinski definition) is 6. The molecule has 1 aliphatic rings. The molecule has 0 aromatic heterocycles. The number of anilines is 1. The monoisotopic (exact) mass is 285 g/mol. The Morgan fingerprint density at radius 2 is 2.00 bits per heavy atom. The molecular weight excluding hydrogens is 274 g/mol. The third-order valence-electron chi connectivity index (χ3n) is 2.90. The van der Waals surface area contributed by atoms with Crippen molar-refractivity contribution in [2.45, 2.75) is 0 Å². The van der Waals surface area contributed by atoms with Gasteiger partial charge in [0.15, 0.2) is 11.5 Å². The first kappa shape index (κ1) is 12.9. The molecule has 0 aliphatic carbocycles. The van der Waals surface area contributed by atoms with Crippen molar-refractivity contribution in [2.75, 3.05) is 12.2 Å². The second kappa shape index (κ2) is 5.49. The van der Waals surface area contributed by atoms with Crippen LogP contribution in [0.4, 0.5) is 11.4 Å².